The molecule has 3 rings (SSSR count). The number of rotatable bonds is 7. The molecule has 1 aliphatic rings. The van der Waals surface area contributed by atoms with Gasteiger partial charge >= 0.3 is 0 Å². The predicted molar refractivity (Wildman–Crippen MR) is 114 cm³/mol. The summed E-state index contributed by atoms with van der Waals surface area (Å²) in [6.07, 6.45) is 4.64. The maximum Gasteiger partial charge on any atom is 0.253 e. The third-order valence-electron chi connectivity index (χ3n) is 4.98. The number of halogens is 1. The summed E-state index contributed by atoms with van der Waals surface area (Å²) in [4.78, 5) is 19.7. The largest absolute Gasteiger partial charge is 0.394 e. The number of carbonyl (C=O) groups is 1. The topological polar surface area (TPSA) is 65.5 Å². The van der Waals surface area contributed by atoms with Crippen LogP contribution < -0.4 is 10.2 Å². The minimum Gasteiger partial charge on any atom is -0.394 e. The molecule has 2 heterocycles. The lowest BCUT2D eigenvalue weighted by atomic mass is 10.0. The normalized spacial score (nSPS) is 15.1. The van der Waals surface area contributed by atoms with Crippen LogP contribution in [0, 0.1) is 5.92 Å². The second-order valence-electron chi connectivity index (χ2n) is 7.78. The number of nitrogens with one attached hydrogen (secondary N) is 1. The van der Waals surface area contributed by atoms with Crippen LogP contribution in [-0.4, -0.2) is 41.7 Å². The van der Waals surface area contributed by atoms with Crippen LogP contribution in [0.25, 0.3) is 11.1 Å². The van der Waals surface area contributed by atoms with Gasteiger partial charge in [0, 0.05) is 29.9 Å². The van der Waals surface area contributed by atoms with Gasteiger partial charge in [-0.25, -0.2) is 4.98 Å². The molecule has 0 spiro atoms. The highest BCUT2D eigenvalue weighted by Crippen LogP contribution is 2.33. The molecule has 1 aromatic carbocycles. The number of nitrogens with zero attached hydrogens (tertiary/aromatic N) is 2. The Morgan fingerprint density at radius 3 is 2.68 bits per heavy atom. The van der Waals surface area contributed by atoms with Crippen molar-refractivity contribution in [3.63, 3.8) is 0 Å². The third-order valence-corrected chi connectivity index (χ3v) is 5.22. The lowest BCUT2D eigenvalue weighted by Gasteiger charge is -2.22. The van der Waals surface area contributed by atoms with Crippen LogP contribution in [0.4, 0.5) is 5.82 Å². The van der Waals surface area contributed by atoms with Gasteiger partial charge < -0.3 is 15.3 Å². The number of pyridine rings is 1. The van der Waals surface area contributed by atoms with Gasteiger partial charge in [-0.3, -0.25) is 4.79 Å². The Hall–Kier alpha value is -2.11. The van der Waals surface area contributed by atoms with E-state index in [1.54, 1.807) is 6.20 Å². The smallest absolute Gasteiger partial charge is 0.253 e. The zero-order valence-electron chi connectivity index (χ0n) is 16.5. The molecule has 1 aromatic heterocycles. The maximum absolute atomic E-state index is 12.8. The zero-order valence-corrected chi connectivity index (χ0v) is 17.2. The minimum absolute atomic E-state index is 0.0790. The van der Waals surface area contributed by atoms with Crippen LogP contribution >= 0.6 is 11.6 Å². The van der Waals surface area contributed by atoms with Gasteiger partial charge in [0.2, 0.25) is 0 Å². The van der Waals surface area contributed by atoms with E-state index < -0.39 is 0 Å². The Kier molecular flexibility index (Phi) is 6.92. The van der Waals surface area contributed by atoms with Crippen molar-refractivity contribution in [2.45, 2.75) is 39.2 Å². The van der Waals surface area contributed by atoms with Crippen molar-refractivity contribution in [2.24, 2.45) is 5.92 Å². The molecule has 0 saturated carbocycles. The van der Waals surface area contributed by atoms with E-state index in [1.807, 2.05) is 30.3 Å². The molecule has 1 unspecified atom stereocenters. The van der Waals surface area contributed by atoms with Gasteiger partial charge in [0.05, 0.1) is 18.2 Å². The van der Waals surface area contributed by atoms with Gasteiger partial charge in [-0.05, 0) is 48.9 Å². The molecule has 2 aromatic rings. The minimum atomic E-state index is -0.264. The monoisotopic (exact) mass is 401 g/mol. The lowest BCUT2D eigenvalue weighted by molar-refractivity contribution is 0.0908. The van der Waals surface area contributed by atoms with E-state index in [2.05, 4.69) is 29.0 Å². The van der Waals surface area contributed by atoms with Crippen molar-refractivity contribution in [1.29, 1.82) is 0 Å². The fraction of sp³-hybridized carbons (Fsp3) is 0.455. The molecule has 0 bridgehead atoms. The van der Waals surface area contributed by atoms with Gasteiger partial charge in [-0.15, -0.1) is 0 Å². The Bertz CT molecular complexity index is 819. The number of amides is 1. The van der Waals surface area contributed by atoms with E-state index >= 15 is 0 Å². The quantitative estimate of drug-likeness (QED) is 0.731. The van der Waals surface area contributed by atoms with Gasteiger partial charge in [0.1, 0.15) is 5.82 Å². The average molecular weight is 402 g/mol. The van der Waals surface area contributed by atoms with Crippen molar-refractivity contribution in [1.82, 2.24) is 10.3 Å². The molecule has 1 atom stereocenters. The highest BCUT2D eigenvalue weighted by molar-refractivity contribution is 6.30. The van der Waals surface area contributed by atoms with Crippen molar-refractivity contribution < 1.29 is 9.90 Å². The fourth-order valence-electron chi connectivity index (χ4n) is 3.65. The Labute approximate surface area is 171 Å². The maximum atomic E-state index is 12.8. The number of aliphatic hydroxyl groups excluding tert-OH is 1. The summed E-state index contributed by atoms with van der Waals surface area (Å²) in [6, 6.07) is 9.24. The summed E-state index contributed by atoms with van der Waals surface area (Å²) in [5, 5.41) is 13.1. The van der Waals surface area contributed by atoms with Gasteiger partial charge in [0.15, 0.2) is 0 Å². The first-order valence-corrected chi connectivity index (χ1v) is 10.3. The van der Waals surface area contributed by atoms with E-state index in [0.29, 0.717) is 16.5 Å². The van der Waals surface area contributed by atoms with E-state index in [-0.39, 0.29) is 18.6 Å². The molecule has 1 aliphatic heterocycles. The molecule has 0 radical (unpaired) electrons. The van der Waals surface area contributed by atoms with E-state index in [1.165, 1.54) is 0 Å². The second kappa shape index (κ2) is 9.39. The number of benzene rings is 1. The predicted octanol–water partition coefficient (Wildman–Crippen LogP) is 4.14. The lowest BCUT2D eigenvalue weighted by Crippen LogP contribution is -2.38. The molecule has 6 heteroatoms. The number of anilines is 1. The van der Waals surface area contributed by atoms with Gasteiger partial charge in [-0.1, -0.05) is 37.6 Å². The molecule has 5 nitrogen and oxygen atoms in total. The molecule has 1 amide bonds. The summed E-state index contributed by atoms with van der Waals surface area (Å²) in [5.41, 5.74) is 2.33. The first-order valence-electron chi connectivity index (χ1n) is 9.90. The average Bonchev–Trinajstić information content (AvgIpc) is 3.21. The number of aliphatic hydroxyl groups is 1. The fourth-order valence-corrected chi connectivity index (χ4v) is 3.84. The standard InChI is InChI=1S/C22H28ClN3O2/c1-15(2)10-19(14-27)25-22(28)17-12-20(16-6-5-7-18(23)11-16)21(24-13-17)26-8-3-4-9-26/h5-7,11-13,15,19,27H,3-4,8-10,14H2,1-2H3,(H,25,28). The molecule has 2 N–H and O–H groups in total. The van der Waals surface area contributed by atoms with Gasteiger partial charge in [-0.2, -0.15) is 0 Å². The number of hydrogen-bond donors (Lipinski definition) is 2. The van der Waals surface area contributed by atoms with E-state index in [9.17, 15) is 9.90 Å². The summed E-state index contributed by atoms with van der Waals surface area (Å²) >= 11 is 6.20. The summed E-state index contributed by atoms with van der Waals surface area (Å²) < 4.78 is 0. The van der Waals surface area contributed by atoms with Crippen LogP contribution in [-0.2, 0) is 0 Å². The molecular formula is C22H28ClN3O2. The summed E-state index contributed by atoms with van der Waals surface area (Å²) in [6.45, 7) is 5.99. The molecule has 0 aliphatic carbocycles. The van der Waals surface area contributed by atoms with Crippen LogP contribution in [0.3, 0.4) is 0 Å². The van der Waals surface area contributed by atoms with Crippen molar-refractivity contribution in [2.75, 3.05) is 24.6 Å². The Morgan fingerprint density at radius 1 is 1.29 bits per heavy atom. The molecular weight excluding hydrogens is 374 g/mol. The van der Waals surface area contributed by atoms with E-state index in [0.717, 1.165) is 49.3 Å². The zero-order chi connectivity index (χ0) is 20.1. The third kappa shape index (κ3) is 5.03. The first kappa shape index (κ1) is 20.6. The number of aromatic nitrogens is 1. The van der Waals surface area contributed by atoms with Crippen LogP contribution in [0.15, 0.2) is 36.5 Å². The molecule has 150 valence electrons. The van der Waals surface area contributed by atoms with Crippen LogP contribution in [0.2, 0.25) is 5.02 Å². The highest BCUT2D eigenvalue weighted by Gasteiger charge is 2.21. The Balaban J connectivity index is 1.93. The molecule has 1 saturated heterocycles. The molecule has 1 fully saturated rings. The second-order valence-corrected chi connectivity index (χ2v) is 8.22. The van der Waals surface area contributed by atoms with Crippen molar-refractivity contribution in [3.8, 4) is 11.1 Å². The Morgan fingerprint density at radius 2 is 2.04 bits per heavy atom. The van der Waals surface area contributed by atoms with Crippen molar-refractivity contribution >= 4 is 23.3 Å². The first-order chi connectivity index (χ1) is 13.5. The summed E-state index contributed by atoms with van der Waals surface area (Å²) in [7, 11) is 0. The number of hydrogen-bond acceptors (Lipinski definition) is 4. The highest BCUT2D eigenvalue weighted by atomic mass is 35.5. The van der Waals surface area contributed by atoms with Crippen molar-refractivity contribution in [3.05, 3.63) is 47.1 Å². The van der Waals surface area contributed by atoms with Crippen LogP contribution in [0.5, 0.6) is 0 Å². The molecule has 28 heavy (non-hydrogen) atoms. The summed E-state index contributed by atoms with van der Waals surface area (Å²) in [5.74, 6) is 1.05. The number of carbonyl (C=O) groups excluding carboxylic acids is 1. The van der Waals surface area contributed by atoms with Crippen LogP contribution in [0.1, 0.15) is 43.5 Å². The SMILES string of the molecule is CC(C)CC(CO)NC(=O)c1cnc(N2CCCC2)c(-c2cccc(Cl)c2)c1. The van der Waals surface area contributed by atoms with E-state index in [4.69, 9.17) is 11.6 Å². The van der Waals surface area contributed by atoms with Gasteiger partial charge in [0.25, 0.3) is 5.91 Å².